The third-order valence-electron chi connectivity index (χ3n) is 3.14. The van der Waals surface area contributed by atoms with Crippen LogP contribution in [0.15, 0.2) is 23.1 Å². The van der Waals surface area contributed by atoms with Gasteiger partial charge in [0.15, 0.2) is 0 Å². The highest BCUT2D eigenvalue weighted by Gasteiger charge is 2.27. The van der Waals surface area contributed by atoms with Gasteiger partial charge in [0.25, 0.3) is 5.69 Å². The number of carbonyl (C=O) groups is 1. The molecule has 1 rings (SSSR count). The van der Waals surface area contributed by atoms with Crippen molar-refractivity contribution in [2.75, 3.05) is 13.1 Å². The minimum Gasteiger partial charge on any atom is -0.353 e. The largest absolute Gasteiger partial charge is 0.353 e. The van der Waals surface area contributed by atoms with Crippen LogP contribution in [0.25, 0.3) is 0 Å². The van der Waals surface area contributed by atoms with Crippen LogP contribution >= 0.6 is 0 Å². The van der Waals surface area contributed by atoms with E-state index in [1.807, 2.05) is 0 Å². The molecule has 0 aromatic heterocycles. The van der Waals surface area contributed by atoms with Gasteiger partial charge in [-0.15, -0.1) is 0 Å². The van der Waals surface area contributed by atoms with Gasteiger partial charge in [0, 0.05) is 24.2 Å². The van der Waals surface area contributed by atoms with Crippen LogP contribution in [-0.4, -0.2) is 42.7 Å². The van der Waals surface area contributed by atoms with E-state index < -0.39 is 20.9 Å². The van der Waals surface area contributed by atoms with Crippen molar-refractivity contribution in [3.8, 4) is 0 Å². The van der Waals surface area contributed by atoms with Gasteiger partial charge in [-0.05, 0) is 26.8 Å². The molecule has 23 heavy (non-hydrogen) atoms. The summed E-state index contributed by atoms with van der Waals surface area (Å²) >= 11 is 0. The van der Waals surface area contributed by atoms with E-state index in [2.05, 4.69) is 5.32 Å². The summed E-state index contributed by atoms with van der Waals surface area (Å²) in [5.74, 6) is -0.424. The van der Waals surface area contributed by atoms with Gasteiger partial charge in [-0.3, -0.25) is 14.9 Å². The highest BCUT2D eigenvalue weighted by atomic mass is 32.2. The van der Waals surface area contributed by atoms with Gasteiger partial charge in [-0.2, -0.15) is 4.31 Å². The lowest BCUT2D eigenvalue weighted by Crippen LogP contribution is -2.42. The van der Waals surface area contributed by atoms with Crippen LogP contribution < -0.4 is 5.32 Å². The summed E-state index contributed by atoms with van der Waals surface area (Å²) in [5, 5.41) is 13.6. The average Bonchev–Trinajstić information content (AvgIpc) is 2.43. The zero-order valence-corrected chi connectivity index (χ0v) is 14.4. The van der Waals surface area contributed by atoms with Crippen LogP contribution in [0.3, 0.4) is 0 Å². The Balaban J connectivity index is 3.15. The number of hydrogen-bond donors (Lipinski definition) is 1. The fourth-order valence-corrected chi connectivity index (χ4v) is 3.42. The van der Waals surface area contributed by atoms with Crippen molar-refractivity contribution in [1.82, 2.24) is 9.62 Å². The van der Waals surface area contributed by atoms with Gasteiger partial charge < -0.3 is 5.32 Å². The van der Waals surface area contributed by atoms with Gasteiger partial charge in [-0.25, -0.2) is 8.42 Å². The van der Waals surface area contributed by atoms with Gasteiger partial charge in [0.1, 0.15) is 0 Å². The molecule has 0 aliphatic carbocycles. The molecule has 0 aliphatic heterocycles. The molecule has 0 unspecified atom stereocenters. The molecule has 0 spiro atoms. The summed E-state index contributed by atoms with van der Waals surface area (Å²) < 4.78 is 26.2. The molecule has 8 nitrogen and oxygen atoms in total. The van der Waals surface area contributed by atoms with E-state index in [1.165, 1.54) is 19.1 Å². The summed E-state index contributed by atoms with van der Waals surface area (Å²) in [6.45, 7) is 6.41. The Labute approximate surface area is 135 Å². The molecule has 0 heterocycles. The van der Waals surface area contributed by atoms with E-state index in [1.54, 1.807) is 20.8 Å². The number of nitro benzene ring substituents is 1. The van der Waals surface area contributed by atoms with Gasteiger partial charge in [-0.1, -0.05) is 13.0 Å². The summed E-state index contributed by atoms with van der Waals surface area (Å²) in [6, 6.07) is 3.60. The number of amides is 1. The third-order valence-corrected chi connectivity index (χ3v) is 5.05. The second kappa shape index (κ2) is 7.51. The van der Waals surface area contributed by atoms with Gasteiger partial charge in [0.2, 0.25) is 15.9 Å². The van der Waals surface area contributed by atoms with Crippen molar-refractivity contribution in [2.45, 2.75) is 38.6 Å². The Morgan fingerprint density at radius 2 is 2.00 bits per heavy atom. The Bertz CT molecular complexity index is 700. The Morgan fingerprint density at radius 3 is 2.48 bits per heavy atom. The second-order valence-corrected chi connectivity index (χ2v) is 7.30. The van der Waals surface area contributed by atoms with Gasteiger partial charge in [0.05, 0.1) is 16.4 Å². The van der Waals surface area contributed by atoms with Crippen molar-refractivity contribution < 1.29 is 18.1 Å². The zero-order chi connectivity index (χ0) is 17.8. The SMILES string of the molecule is CCN(CC(=O)NC(C)C)S(=O)(=O)c1ccc(C)c([N+](=O)[O-])c1. The maximum Gasteiger partial charge on any atom is 0.273 e. The zero-order valence-electron chi connectivity index (χ0n) is 13.6. The maximum atomic E-state index is 12.6. The predicted octanol–water partition coefficient (Wildman–Crippen LogP) is 1.44. The van der Waals surface area contributed by atoms with Crippen molar-refractivity contribution in [3.63, 3.8) is 0 Å². The van der Waals surface area contributed by atoms with E-state index in [0.29, 0.717) is 5.56 Å². The van der Waals surface area contributed by atoms with Crippen LogP contribution in [0, 0.1) is 17.0 Å². The van der Waals surface area contributed by atoms with Crippen molar-refractivity contribution >= 4 is 21.6 Å². The molecule has 0 saturated heterocycles. The number of sulfonamides is 1. The molecule has 1 N–H and O–H groups in total. The lowest BCUT2D eigenvalue weighted by molar-refractivity contribution is -0.385. The first-order chi connectivity index (χ1) is 10.6. The molecular weight excluding hydrogens is 322 g/mol. The number of nitro groups is 1. The van der Waals surface area contributed by atoms with E-state index in [0.717, 1.165) is 10.4 Å². The van der Waals surface area contributed by atoms with E-state index in [-0.39, 0.29) is 29.7 Å². The lowest BCUT2D eigenvalue weighted by atomic mass is 10.2. The van der Waals surface area contributed by atoms with Crippen LogP contribution in [-0.2, 0) is 14.8 Å². The van der Waals surface area contributed by atoms with Crippen molar-refractivity contribution in [1.29, 1.82) is 0 Å². The number of benzene rings is 1. The number of aryl methyl sites for hydroxylation is 1. The summed E-state index contributed by atoms with van der Waals surface area (Å²) in [4.78, 5) is 21.9. The monoisotopic (exact) mass is 343 g/mol. The average molecular weight is 343 g/mol. The molecule has 0 aliphatic rings. The molecule has 0 atom stereocenters. The standard InChI is InChI=1S/C14H21N3O5S/c1-5-16(9-14(18)15-10(2)3)23(21,22)12-7-6-11(4)13(8-12)17(19)20/h6-8,10H,5,9H2,1-4H3,(H,15,18). The summed E-state index contributed by atoms with van der Waals surface area (Å²) in [6.07, 6.45) is 0. The normalized spacial score (nSPS) is 11.7. The molecule has 1 amide bonds. The number of carbonyl (C=O) groups excluding carboxylic acids is 1. The molecule has 0 radical (unpaired) electrons. The minimum absolute atomic E-state index is 0.0789. The van der Waals surface area contributed by atoms with E-state index in [9.17, 15) is 23.3 Å². The highest BCUT2D eigenvalue weighted by molar-refractivity contribution is 7.89. The molecule has 0 bridgehead atoms. The fourth-order valence-electron chi connectivity index (χ4n) is 1.99. The smallest absolute Gasteiger partial charge is 0.273 e. The molecule has 1 aromatic rings. The van der Waals surface area contributed by atoms with Crippen molar-refractivity contribution in [3.05, 3.63) is 33.9 Å². The highest BCUT2D eigenvalue weighted by Crippen LogP contribution is 2.24. The first kappa shape index (κ1) is 19.0. The Morgan fingerprint density at radius 1 is 1.39 bits per heavy atom. The predicted molar refractivity (Wildman–Crippen MR) is 85.5 cm³/mol. The minimum atomic E-state index is -3.99. The Kier molecular flexibility index (Phi) is 6.22. The van der Waals surface area contributed by atoms with Crippen LogP contribution in [0.1, 0.15) is 26.3 Å². The number of hydrogen-bond acceptors (Lipinski definition) is 5. The molecule has 128 valence electrons. The topological polar surface area (TPSA) is 110 Å². The molecule has 0 saturated carbocycles. The first-order valence-electron chi connectivity index (χ1n) is 7.14. The number of nitrogens with zero attached hydrogens (tertiary/aromatic N) is 2. The summed E-state index contributed by atoms with van der Waals surface area (Å²) in [7, 11) is -3.99. The van der Waals surface area contributed by atoms with Crippen LogP contribution in [0.4, 0.5) is 5.69 Å². The fraction of sp³-hybridized carbons (Fsp3) is 0.500. The van der Waals surface area contributed by atoms with E-state index in [4.69, 9.17) is 0 Å². The number of nitrogens with one attached hydrogen (secondary N) is 1. The van der Waals surface area contributed by atoms with Gasteiger partial charge >= 0.3 is 0 Å². The maximum absolute atomic E-state index is 12.6. The van der Waals surface area contributed by atoms with Crippen LogP contribution in [0.5, 0.6) is 0 Å². The Hall–Kier alpha value is -2.00. The van der Waals surface area contributed by atoms with Crippen molar-refractivity contribution in [2.24, 2.45) is 0 Å². The number of likely N-dealkylation sites (N-methyl/N-ethyl adjacent to an activating group) is 1. The second-order valence-electron chi connectivity index (χ2n) is 5.36. The van der Waals surface area contributed by atoms with Crippen LogP contribution in [0.2, 0.25) is 0 Å². The summed E-state index contributed by atoms with van der Waals surface area (Å²) in [5.41, 5.74) is 0.100. The molecule has 1 aromatic carbocycles. The molecular formula is C14H21N3O5S. The first-order valence-corrected chi connectivity index (χ1v) is 8.58. The molecule has 0 fully saturated rings. The lowest BCUT2D eigenvalue weighted by Gasteiger charge is -2.20. The van der Waals surface area contributed by atoms with E-state index >= 15 is 0 Å². The number of rotatable bonds is 7. The quantitative estimate of drug-likeness (QED) is 0.595. The molecule has 9 heteroatoms. The third kappa shape index (κ3) is 4.73.